The molecule has 8 N–H and O–H groups in total. The van der Waals surface area contributed by atoms with Gasteiger partial charge in [0.1, 0.15) is 13.2 Å². The number of nitrogens with two attached hydrogens (primary N) is 2. The molecule has 0 bridgehead atoms. The minimum Gasteiger partial charge on any atom is -0.445 e. The highest BCUT2D eigenvalue weighted by atomic mass is 16.6. The number of unbranched alkanes of at least 4 members (excludes halogenated alkanes) is 12. The van der Waals surface area contributed by atoms with Crippen LogP contribution in [0.15, 0.2) is 65.7 Å². The fraction of sp³-hybridized carbons (Fsp3) is 0.605. The summed E-state index contributed by atoms with van der Waals surface area (Å²) in [4.78, 5) is 55.7. The molecule has 4 amide bonds. The van der Waals surface area contributed by atoms with Crippen LogP contribution in [0.4, 0.5) is 9.59 Å². The second kappa shape index (κ2) is 31.3. The highest BCUT2D eigenvalue weighted by Gasteiger charge is 2.23. The predicted octanol–water partition coefficient (Wildman–Crippen LogP) is 6.05. The van der Waals surface area contributed by atoms with Gasteiger partial charge in [-0.15, -0.1) is 0 Å². The van der Waals surface area contributed by atoms with Crippen LogP contribution in [-0.2, 0) is 32.3 Å². The molecule has 0 aliphatic heterocycles. The monoisotopic (exact) mass is 796 g/mol. The topological polar surface area (TPSA) is 211 Å². The van der Waals surface area contributed by atoms with Gasteiger partial charge in [0.05, 0.1) is 6.04 Å². The van der Waals surface area contributed by atoms with Crippen LogP contribution >= 0.6 is 0 Å². The van der Waals surface area contributed by atoms with Crippen molar-refractivity contribution in [1.82, 2.24) is 20.9 Å². The van der Waals surface area contributed by atoms with Crippen LogP contribution in [0.25, 0.3) is 0 Å². The van der Waals surface area contributed by atoms with Gasteiger partial charge >= 0.3 is 12.2 Å². The number of ether oxygens (including phenoxy) is 2. The molecular weight excluding hydrogens is 727 g/mol. The van der Waals surface area contributed by atoms with Crippen molar-refractivity contribution >= 4 is 30.0 Å². The second-order valence-electron chi connectivity index (χ2n) is 14.5. The number of nitrogens with one attached hydrogen (secondary N) is 3. The third kappa shape index (κ3) is 25.1. The average molecular weight is 796 g/mol. The number of rotatable bonds is 31. The Morgan fingerprint density at radius 1 is 0.667 bits per heavy atom. The molecule has 0 aliphatic rings. The van der Waals surface area contributed by atoms with Gasteiger partial charge < -0.3 is 46.9 Å². The molecule has 0 aromatic heterocycles. The van der Waals surface area contributed by atoms with Gasteiger partial charge in [0.25, 0.3) is 5.91 Å². The number of alkyl carbamates (subject to hydrolysis) is 1. The Bertz CT molecular complexity index is 1410. The molecule has 1 unspecified atom stereocenters. The first kappa shape index (κ1) is 48.3. The van der Waals surface area contributed by atoms with E-state index in [-0.39, 0.29) is 25.1 Å². The summed E-state index contributed by atoms with van der Waals surface area (Å²) in [5.41, 5.74) is 12.4. The van der Waals surface area contributed by atoms with Crippen LogP contribution in [0.2, 0.25) is 0 Å². The van der Waals surface area contributed by atoms with Gasteiger partial charge in [-0.2, -0.15) is 0 Å². The van der Waals surface area contributed by atoms with E-state index in [4.69, 9.17) is 20.9 Å². The van der Waals surface area contributed by atoms with Gasteiger partial charge in [-0.1, -0.05) is 125 Å². The van der Waals surface area contributed by atoms with Crippen LogP contribution in [0, 0.1) is 0 Å². The van der Waals surface area contributed by atoms with Gasteiger partial charge in [0.2, 0.25) is 5.91 Å². The number of aliphatic hydroxyl groups excluding tert-OH is 1. The maximum atomic E-state index is 13.0. The first-order valence-electron chi connectivity index (χ1n) is 20.9. The van der Waals surface area contributed by atoms with Crippen molar-refractivity contribution in [2.45, 2.75) is 135 Å². The number of carbonyl (C=O) groups is 4. The normalized spacial score (nSPS) is 11.8. The average Bonchev–Trinajstić information content (AvgIpc) is 3.21. The molecule has 2 aromatic carbocycles. The quantitative estimate of drug-likeness (QED) is 0.0298. The molecule has 0 radical (unpaired) electrons. The minimum atomic E-state index is -1.38. The van der Waals surface area contributed by atoms with Gasteiger partial charge in [0, 0.05) is 39.1 Å². The Morgan fingerprint density at radius 2 is 1.18 bits per heavy atom. The van der Waals surface area contributed by atoms with E-state index in [1.165, 1.54) is 38.5 Å². The zero-order valence-corrected chi connectivity index (χ0v) is 34.1. The lowest BCUT2D eigenvalue weighted by molar-refractivity contribution is -0.131. The molecule has 2 aromatic rings. The van der Waals surface area contributed by atoms with Gasteiger partial charge in [0.15, 0.2) is 12.1 Å². The van der Waals surface area contributed by atoms with Crippen molar-refractivity contribution in [1.29, 1.82) is 0 Å². The lowest BCUT2D eigenvalue weighted by atomic mass is 10.0. The fourth-order valence-corrected chi connectivity index (χ4v) is 6.09. The number of benzene rings is 2. The summed E-state index contributed by atoms with van der Waals surface area (Å²) in [7, 11) is 0. The Kier molecular flexibility index (Phi) is 26.5. The van der Waals surface area contributed by atoms with Gasteiger partial charge in [-0.3, -0.25) is 14.6 Å². The van der Waals surface area contributed by atoms with Crippen molar-refractivity contribution in [3.05, 3.63) is 71.8 Å². The summed E-state index contributed by atoms with van der Waals surface area (Å²) in [5, 5.41) is 18.7. The standard InChI is InChI=1S/C43H69N7O7/c1-35(49-38(51)27-18-10-8-6-4-2-3-5-7-9-11-19-29-47-41(44)45)39(52)40(53)46-28-20-21-31-50(43(55)57-34-37-25-16-13-17-26-37)32-22-30-48-42(54)56-33-36-23-14-12-15-24-36/h12-17,23-26,35,39,52H,2-11,18-22,27-34H2,1H3,(H,46,53)(H,48,54)(H,49,51)(H4,44,45,47)/t35?,39-/m1/s1. The molecule has 0 aliphatic carbocycles. The minimum absolute atomic E-state index is 0.135. The predicted molar refractivity (Wildman–Crippen MR) is 224 cm³/mol. The Morgan fingerprint density at radius 3 is 1.75 bits per heavy atom. The summed E-state index contributed by atoms with van der Waals surface area (Å²) < 4.78 is 10.8. The van der Waals surface area contributed by atoms with Crippen LogP contribution in [0.3, 0.4) is 0 Å². The SMILES string of the molecule is CC(NC(=O)CCCCCCCCCCCCCCN=C(N)N)[C@@H](O)C(=O)NCCCCN(CCCNC(=O)OCc1ccccc1)C(=O)OCc1ccccc1. The highest BCUT2D eigenvalue weighted by Crippen LogP contribution is 2.13. The maximum Gasteiger partial charge on any atom is 0.410 e. The van der Waals surface area contributed by atoms with Crippen molar-refractivity contribution in [3.8, 4) is 0 Å². The van der Waals surface area contributed by atoms with E-state index < -0.39 is 30.2 Å². The Labute approximate surface area is 339 Å². The molecule has 0 heterocycles. The first-order chi connectivity index (χ1) is 27.7. The molecule has 14 nitrogen and oxygen atoms in total. The summed E-state index contributed by atoms with van der Waals surface area (Å²) in [6, 6.07) is 18.1. The molecular formula is C43H69N7O7. The van der Waals surface area contributed by atoms with Crippen LogP contribution < -0.4 is 27.4 Å². The Balaban J connectivity index is 1.57. The van der Waals surface area contributed by atoms with E-state index in [2.05, 4.69) is 20.9 Å². The fourth-order valence-electron chi connectivity index (χ4n) is 6.09. The first-order valence-corrected chi connectivity index (χ1v) is 20.9. The number of aliphatic imine (C=N–C) groups is 1. The van der Waals surface area contributed by atoms with Crippen LogP contribution in [0.5, 0.6) is 0 Å². The zero-order valence-electron chi connectivity index (χ0n) is 34.1. The van der Waals surface area contributed by atoms with E-state index in [9.17, 15) is 24.3 Å². The van der Waals surface area contributed by atoms with Crippen molar-refractivity contribution in [2.75, 3.05) is 32.7 Å². The van der Waals surface area contributed by atoms with Gasteiger partial charge in [-0.05, 0) is 50.2 Å². The number of hydrogen-bond acceptors (Lipinski definition) is 8. The molecule has 0 spiro atoms. The number of amides is 4. The van der Waals surface area contributed by atoms with Crippen molar-refractivity contribution in [2.24, 2.45) is 16.5 Å². The summed E-state index contributed by atoms with van der Waals surface area (Å²) >= 11 is 0. The summed E-state index contributed by atoms with van der Waals surface area (Å²) in [6.45, 7) is 3.96. The lowest BCUT2D eigenvalue weighted by Crippen LogP contribution is -2.49. The third-order valence-corrected chi connectivity index (χ3v) is 9.44. The van der Waals surface area contributed by atoms with E-state index in [1.807, 2.05) is 60.7 Å². The van der Waals surface area contributed by atoms with Crippen molar-refractivity contribution < 1.29 is 33.8 Å². The lowest BCUT2D eigenvalue weighted by Gasteiger charge is -2.23. The number of nitrogens with zero attached hydrogens (tertiary/aromatic N) is 2. The van der Waals surface area contributed by atoms with E-state index in [0.29, 0.717) is 58.4 Å². The molecule has 2 atom stereocenters. The third-order valence-electron chi connectivity index (χ3n) is 9.44. The number of guanidine groups is 1. The molecule has 57 heavy (non-hydrogen) atoms. The van der Waals surface area contributed by atoms with Crippen molar-refractivity contribution in [3.63, 3.8) is 0 Å². The smallest absolute Gasteiger partial charge is 0.410 e. The highest BCUT2D eigenvalue weighted by molar-refractivity contribution is 5.83. The molecule has 0 saturated heterocycles. The van der Waals surface area contributed by atoms with E-state index >= 15 is 0 Å². The molecule has 318 valence electrons. The second-order valence-corrected chi connectivity index (χ2v) is 14.5. The number of aliphatic hydroxyl groups is 1. The largest absolute Gasteiger partial charge is 0.445 e. The van der Waals surface area contributed by atoms with Crippen LogP contribution in [-0.4, -0.2) is 84.8 Å². The molecule has 0 saturated carbocycles. The Hall–Kier alpha value is -4.85. The van der Waals surface area contributed by atoms with E-state index in [1.54, 1.807) is 11.8 Å². The maximum absolute atomic E-state index is 13.0. The van der Waals surface area contributed by atoms with E-state index in [0.717, 1.165) is 49.7 Å². The van der Waals surface area contributed by atoms with Gasteiger partial charge in [-0.25, -0.2) is 9.59 Å². The molecule has 0 fully saturated rings. The number of hydrogen-bond donors (Lipinski definition) is 6. The summed E-state index contributed by atoms with van der Waals surface area (Å²) in [5.74, 6) is -0.570. The zero-order chi connectivity index (χ0) is 41.4. The summed E-state index contributed by atoms with van der Waals surface area (Å²) in [6.07, 6.45) is 13.2. The van der Waals surface area contributed by atoms with Crippen LogP contribution in [0.1, 0.15) is 121 Å². The molecule has 14 heteroatoms. The molecule has 2 rings (SSSR count). The number of carbonyl (C=O) groups excluding carboxylic acids is 4.